The second kappa shape index (κ2) is 10.4. The van der Waals surface area contributed by atoms with Crippen molar-refractivity contribution in [3.63, 3.8) is 0 Å². The van der Waals surface area contributed by atoms with Gasteiger partial charge in [-0.2, -0.15) is 4.72 Å². The van der Waals surface area contributed by atoms with Crippen LogP contribution in [-0.2, 0) is 26.0 Å². The van der Waals surface area contributed by atoms with Crippen molar-refractivity contribution in [1.82, 2.24) is 4.72 Å². The monoisotopic (exact) mass is 508 g/mol. The van der Waals surface area contributed by atoms with Crippen LogP contribution in [0.5, 0.6) is 0 Å². The minimum Gasteiger partial charge on any atom is -0.465 e. The van der Waals surface area contributed by atoms with Crippen LogP contribution in [0.3, 0.4) is 0 Å². The van der Waals surface area contributed by atoms with E-state index in [1.54, 1.807) is 36.4 Å². The number of benzene rings is 3. The van der Waals surface area contributed by atoms with Gasteiger partial charge in [0.25, 0.3) is 0 Å². The fraction of sp³-hybridized carbons (Fsp3) is 0.154. The summed E-state index contributed by atoms with van der Waals surface area (Å²) in [4.78, 5) is 25.6. The first-order valence-electron chi connectivity index (χ1n) is 10.8. The lowest BCUT2D eigenvalue weighted by atomic mass is 10.1. The topological polar surface area (TPSA) is 102 Å². The number of anilines is 1. The fourth-order valence-corrected chi connectivity index (χ4v) is 5.72. The van der Waals surface area contributed by atoms with E-state index in [-0.39, 0.29) is 11.3 Å². The zero-order valence-electron chi connectivity index (χ0n) is 19.1. The Kier molecular flexibility index (Phi) is 7.30. The van der Waals surface area contributed by atoms with E-state index in [9.17, 15) is 18.0 Å². The summed E-state index contributed by atoms with van der Waals surface area (Å²) in [6.45, 7) is 1.87. The van der Waals surface area contributed by atoms with Gasteiger partial charge in [0.05, 0.1) is 12.0 Å². The smallest absolute Gasteiger partial charge is 0.348 e. The van der Waals surface area contributed by atoms with Gasteiger partial charge in [-0.1, -0.05) is 48.0 Å². The molecule has 0 spiro atoms. The Labute approximate surface area is 207 Å². The van der Waals surface area contributed by atoms with E-state index in [4.69, 9.17) is 4.74 Å². The SMILES string of the molecule is COC(=O)c1cc2cc(NC(=O)[C@H](Cc3ccccc3)NS(=O)(=O)c3ccc(C)cc3)ccc2s1. The van der Waals surface area contributed by atoms with Gasteiger partial charge >= 0.3 is 5.97 Å². The molecule has 4 rings (SSSR count). The predicted molar refractivity (Wildman–Crippen MR) is 137 cm³/mol. The Morgan fingerprint density at radius 1 is 0.971 bits per heavy atom. The highest BCUT2D eigenvalue weighted by molar-refractivity contribution is 7.89. The summed E-state index contributed by atoms with van der Waals surface area (Å²) in [6.07, 6.45) is 0.172. The molecule has 0 saturated heterocycles. The van der Waals surface area contributed by atoms with Crippen molar-refractivity contribution in [2.24, 2.45) is 0 Å². The first-order valence-corrected chi connectivity index (χ1v) is 13.1. The predicted octanol–water partition coefficient (Wildman–Crippen LogP) is 4.52. The van der Waals surface area contributed by atoms with Gasteiger partial charge in [-0.25, -0.2) is 13.2 Å². The summed E-state index contributed by atoms with van der Waals surface area (Å²) >= 11 is 1.29. The van der Waals surface area contributed by atoms with E-state index >= 15 is 0 Å². The van der Waals surface area contributed by atoms with Gasteiger partial charge in [-0.15, -0.1) is 11.3 Å². The third-order valence-electron chi connectivity index (χ3n) is 5.40. The molecule has 3 aromatic carbocycles. The van der Waals surface area contributed by atoms with Crippen LogP contribution < -0.4 is 10.0 Å². The van der Waals surface area contributed by atoms with Crippen molar-refractivity contribution in [2.45, 2.75) is 24.3 Å². The molecule has 0 fully saturated rings. The largest absolute Gasteiger partial charge is 0.465 e. The van der Waals surface area contributed by atoms with Gasteiger partial charge in [0.2, 0.25) is 15.9 Å². The van der Waals surface area contributed by atoms with E-state index in [0.29, 0.717) is 10.6 Å². The molecule has 180 valence electrons. The Balaban J connectivity index is 1.59. The number of rotatable bonds is 8. The Bertz CT molecular complexity index is 1460. The summed E-state index contributed by atoms with van der Waals surface area (Å²) in [7, 11) is -2.62. The van der Waals surface area contributed by atoms with Crippen LogP contribution in [0.25, 0.3) is 10.1 Å². The summed E-state index contributed by atoms with van der Waals surface area (Å²) in [5, 5.41) is 3.58. The molecule has 1 heterocycles. The van der Waals surface area contributed by atoms with E-state index < -0.39 is 27.9 Å². The number of thiophene rings is 1. The molecule has 9 heteroatoms. The number of fused-ring (bicyclic) bond motifs is 1. The second-order valence-corrected chi connectivity index (χ2v) is 10.8. The van der Waals surface area contributed by atoms with Gasteiger partial charge < -0.3 is 10.1 Å². The molecule has 0 saturated carbocycles. The third-order valence-corrected chi connectivity index (χ3v) is 7.98. The maximum Gasteiger partial charge on any atom is 0.348 e. The summed E-state index contributed by atoms with van der Waals surface area (Å²) in [5.74, 6) is -0.919. The molecule has 0 unspecified atom stereocenters. The highest BCUT2D eigenvalue weighted by Gasteiger charge is 2.26. The van der Waals surface area contributed by atoms with Crippen molar-refractivity contribution < 1.29 is 22.7 Å². The van der Waals surface area contributed by atoms with Crippen molar-refractivity contribution >= 4 is 49.0 Å². The molecule has 1 atom stereocenters. The molecule has 0 aliphatic rings. The molecular formula is C26H24N2O5S2. The van der Waals surface area contributed by atoms with Crippen LogP contribution in [0.4, 0.5) is 5.69 Å². The maximum absolute atomic E-state index is 13.3. The van der Waals surface area contributed by atoms with Crippen LogP contribution in [0.15, 0.2) is 83.8 Å². The third kappa shape index (κ3) is 5.94. The zero-order valence-corrected chi connectivity index (χ0v) is 20.8. The summed E-state index contributed by atoms with van der Waals surface area (Å²) < 4.78 is 34.3. The average Bonchev–Trinajstić information content (AvgIpc) is 3.27. The molecule has 35 heavy (non-hydrogen) atoms. The standard InChI is InChI=1S/C26H24N2O5S2/c1-17-8-11-21(12-9-17)35(31,32)28-22(14-18-6-4-3-5-7-18)25(29)27-20-10-13-23-19(15-20)16-24(34-23)26(30)33-2/h3-13,15-16,22,28H,14H2,1-2H3,(H,27,29)/t22-/m0/s1. The molecule has 1 aromatic heterocycles. The van der Waals surface area contributed by atoms with Crippen molar-refractivity contribution in [3.05, 3.63) is 94.9 Å². The van der Waals surface area contributed by atoms with Crippen molar-refractivity contribution in [1.29, 1.82) is 0 Å². The molecular weight excluding hydrogens is 484 g/mol. The number of esters is 1. The van der Waals surface area contributed by atoms with Gasteiger partial charge in [0, 0.05) is 10.4 Å². The van der Waals surface area contributed by atoms with E-state index in [1.165, 1.54) is 30.6 Å². The number of methoxy groups -OCH3 is 1. The number of aryl methyl sites for hydroxylation is 1. The number of hydrogen-bond acceptors (Lipinski definition) is 6. The van der Waals surface area contributed by atoms with Crippen LogP contribution in [0, 0.1) is 6.92 Å². The normalized spacial score (nSPS) is 12.3. The van der Waals surface area contributed by atoms with Crippen LogP contribution in [0.1, 0.15) is 20.8 Å². The molecule has 0 aliphatic carbocycles. The van der Waals surface area contributed by atoms with Crippen LogP contribution in [-0.4, -0.2) is 33.4 Å². The molecule has 7 nitrogen and oxygen atoms in total. The zero-order chi connectivity index (χ0) is 25.0. The Hall–Kier alpha value is -3.53. The first kappa shape index (κ1) is 24.6. The lowest BCUT2D eigenvalue weighted by Gasteiger charge is -2.19. The molecule has 0 aliphatic heterocycles. The number of amides is 1. The maximum atomic E-state index is 13.3. The van der Waals surface area contributed by atoms with Gasteiger partial charge in [0.1, 0.15) is 10.9 Å². The van der Waals surface area contributed by atoms with E-state index in [2.05, 4.69) is 10.0 Å². The highest BCUT2D eigenvalue weighted by atomic mass is 32.2. The molecule has 2 N–H and O–H groups in total. The highest BCUT2D eigenvalue weighted by Crippen LogP contribution is 2.28. The minimum atomic E-state index is -3.94. The number of ether oxygens (including phenoxy) is 1. The van der Waals surface area contributed by atoms with Crippen molar-refractivity contribution in [3.8, 4) is 0 Å². The van der Waals surface area contributed by atoms with Crippen LogP contribution >= 0.6 is 11.3 Å². The number of sulfonamides is 1. The quantitative estimate of drug-likeness (QED) is 0.341. The molecule has 1 amide bonds. The average molecular weight is 509 g/mol. The first-order chi connectivity index (χ1) is 16.7. The van der Waals surface area contributed by atoms with Crippen LogP contribution in [0.2, 0.25) is 0 Å². The Morgan fingerprint density at radius 2 is 1.69 bits per heavy atom. The Morgan fingerprint density at radius 3 is 2.37 bits per heavy atom. The molecule has 0 bridgehead atoms. The van der Waals surface area contributed by atoms with Gasteiger partial charge in [-0.3, -0.25) is 4.79 Å². The minimum absolute atomic E-state index is 0.0870. The van der Waals surface area contributed by atoms with E-state index in [1.807, 2.05) is 37.3 Å². The fourth-order valence-electron chi connectivity index (χ4n) is 3.56. The summed E-state index contributed by atoms with van der Waals surface area (Å²) in [6, 6.07) is 21.5. The lowest BCUT2D eigenvalue weighted by molar-refractivity contribution is -0.117. The number of nitrogens with one attached hydrogen (secondary N) is 2. The number of carbonyl (C=O) groups is 2. The van der Waals surface area contributed by atoms with Gasteiger partial charge in [-0.05, 0) is 60.7 Å². The molecule has 0 radical (unpaired) electrons. The second-order valence-electron chi connectivity index (χ2n) is 8.02. The summed E-state index contributed by atoms with van der Waals surface area (Å²) in [5.41, 5.74) is 2.24. The molecule has 4 aromatic rings. The number of carbonyl (C=O) groups excluding carboxylic acids is 2. The van der Waals surface area contributed by atoms with Crippen molar-refractivity contribution in [2.75, 3.05) is 12.4 Å². The van der Waals surface area contributed by atoms with Gasteiger partial charge in [0.15, 0.2) is 0 Å². The van der Waals surface area contributed by atoms with E-state index in [0.717, 1.165) is 21.2 Å². The lowest BCUT2D eigenvalue weighted by Crippen LogP contribution is -2.45. The number of hydrogen-bond donors (Lipinski definition) is 2.